The molecule has 0 spiro atoms. The first kappa shape index (κ1) is 22.1. The van der Waals surface area contributed by atoms with Gasteiger partial charge in [-0.1, -0.05) is 42.0 Å². The molecule has 2 aromatic carbocycles. The SMILES string of the molecule is Cc1cccc(Cn2cccc(C(=O)N(Cc3ccc(C(=O)NC4CC4)cc3)C3CC3)c2=O)c1. The van der Waals surface area contributed by atoms with Crippen LogP contribution in [0.2, 0.25) is 0 Å². The highest BCUT2D eigenvalue weighted by molar-refractivity contribution is 5.95. The number of benzene rings is 2. The number of aromatic nitrogens is 1. The third-order valence-electron chi connectivity index (χ3n) is 6.42. The molecule has 0 atom stereocenters. The van der Waals surface area contributed by atoms with Crippen LogP contribution < -0.4 is 10.9 Å². The summed E-state index contributed by atoms with van der Waals surface area (Å²) in [4.78, 5) is 40.7. The molecule has 6 nitrogen and oxygen atoms in total. The Morgan fingerprint density at radius 1 is 0.971 bits per heavy atom. The molecule has 0 saturated heterocycles. The third kappa shape index (κ3) is 5.11. The van der Waals surface area contributed by atoms with Crippen LogP contribution in [-0.4, -0.2) is 33.4 Å². The fourth-order valence-electron chi connectivity index (χ4n) is 4.19. The van der Waals surface area contributed by atoms with Crippen molar-refractivity contribution in [3.63, 3.8) is 0 Å². The molecule has 1 heterocycles. The molecule has 174 valence electrons. The first-order valence-electron chi connectivity index (χ1n) is 11.9. The van der Waals surface area contributed by atoms with Gasteiger partial charge in [-0.25, -0.2) is 0 Å². The van der Waals surface area contributed by atoms with E-state index in [4.69, 9.17) is 0 Å². The number of hydrogen-bond donors (Lipinski definition) is 1. The third-order valence-corrected chi connectivity index (χ3v) is 6.42. The number of pyridine rings is 1. The minimum Gasteiger partial charge on any atom is -0.349 e. The lowest BCUT2D eigenvalue weighted by molar-refractivity contribution is 0.0727. The number of nitrogens with zero attached hydrogens (tertiary/aromatic N) is 2. The molecule has 2 fully saturated rings. The molecular formula is C28H29N3O3. The second kappa shape index (κ2) is 9.29. The van der Waals surface area contributed by atoms with Gasteiger partial charge in [-0.3, -0.25) is 14.4 Å². The molecular weight excluding hydrogens is 426 g/mol. The minimum atomic E-state index is -0.272. The zero-order valence-corrected chi connectivity index (χ0v) is 19.4. The summed E-state index contributed by atoms with van der Waals surface area (Å²) in [6.07, 6.45) is 5.72. The molecule has 2 amide bonds. The summed E-state index contributed by atoms with van der Waals surface area (Å²) in [6, 6.07) is 19.3. The Kier molecular flexibility index (Phi) is 6.05. The molecule has 0 radical (unpaired) electrons. The lowest BCUT2D eigenvalue weighted by atomic mass is 10.1. The summed E-state index contributed by atoms with van der Waals surface area (Å²) in [5.74, 6) is -0.288. The molecule has 5 rings (SSSR count). The van der Waals surface area contributed by atoms with Crippen molar-refractivity contribution in [2.75, 3.05) is 0 Å². The Bertz CT molecular complexity index is 1270. The first-order chi connectivity index (χ1) is 16.5. The fourth-order valence-corrected chi connectivity index (χ4v) is 4.19. The summed E-state index contributed by atoms with van der Waals surface area (Å²) in [6.45, 7) is 2.86. The zero-order valence-electron chi connectivity index (χ0n) is 19.4. The standard InChI is InChI=1S/C28H29N3O3/c1-19-4-2-5-21(16-19)17-30-15-3-6-25(27(30)33)28(34)31(24-13-14-24)18-20-7-9-22(10-8-20)26(32)29-23-11-12-23/h2-10,15-16,23-24H,11-14,17-18H2,1H3,(H,29,32). The van der Waals surface area contributed by atoms with Crippen LogP contribution in [0, 0.1) is 6.92 Å². The normalized spacial score (nSPS) is 15.1. The predicted octanol–water partition coefficient (Wildman–Crippen LogP) is 3.90. The maximum absolute atomic E-state index is 13.5. The lowest BCUT2D eigenvalue weighted by Crippen LogP contribution is -2.37. The molecule has 34 heavy (non-hydrogen) atoms. The van der Waals surface area contributed by atoms with Gasteiger partial charge in [0.15, 0.2) is 0 Å². The van der Waals surface area contributed by atoms with Gasteiger partial charge in [-0.05, 0) is 68.0 Å². The molecule has 2 aliphatic carbocycles. The van der Waals surface area contributed by atoms with Gasteiger partial charge in [0.2, 0.25) is 0 Å². The molecule has 0 bridgehead atoms. The van der Waals surface area contributed by atoms with Crippen molar-refractivity contribution in [2.45, 2.75) is 57.8 Å². The molecule has 6 heteroatoms. The van der Waals surface area contributed by atoms with Gasteiger partial charge in [0.05, 0.1) is 6.54 Å². The van der Waals surface area contributed by atoms with E-state index in [1.165, 1.54) is 0 Å². The topological polar surface area (TPSA) is 71.4 Å². The van der Waals surface area contributed by atoms with E-state index in [0.29, 0.717) is 24.7 Å². The van der Waals surface area contributed by atoms with Crippen LogP contribution in [0.5, 0.6) is 0 Å². The highest BCUT2D eigenvalue weighted by Crippen LogP contribution is 2.29. The van der Waals surface area contributed by atoms with Crippen LogP contribution in [0.4, 0.5) is 0 Å². The van der Waals surface area contributed by atoms with E-state index in [0.717, 1.165) is 42.4 Å². The summed E-state index contributed by atoms with van der Waals surface area (Å²) in [5.41, 5.74) is 3.65. The predicted molar refractivity (Wildman–Crippen MR) is 131 cm³/mol. The molecule has 2 aliphatic rings. The van der Waals surface area contributed by atoms with Gasteiger partial charge < -0.3 is 14.8 Å². The Labute approximate surface area is 199 Å². The number of carbonyl (C=O) groups is 2. The molecule has 1 N–H and O–H groups in total. The average molecular weight is 456 g/mol. The van der Waals surface area contributed by atoms with Crippen molar-refractivity contribution in [1.82, 2.24) is 14.8 Å². The molecule has 3 aromatic rings. The van der Waals surface area contributed by atoms with Gasteiger partial charge in [0.25, 0.3) is 17.4 Å². The molecule has 0 unspecified atom stereocenters. The van der Waals surface area contributed by atoms with E-state index in [1.54, 1.807) is 39.9 Å². The van der Waals surface area contributed by atoms with Crippen molar-refractivity contribution in [3.8, 4) is 0 Å². The van der Waals surface area contributed by atoms with E-state index in [9.17, 15) is 14.4 Å². The highest BCUT2D eigenvalue weighted by atomic mass is 16.2. The number of aryl methyl sites for hydroxylation is 1. The Hall–Kier alpha value is -3.67. The van der Waals surface area contributed by atoms with E-state index < -0.39 is 0 Å². The Morgan fingerprint density at radius 2 is 1.74 bits per heavy atom. The van der Waals surface area contributed by atoms with Crippen LogP contribution in [0.25, 0.3) is 0 Å². The summed E-state index contributed by atoms with van der Waals surface area (Å²) in [7, 11) is 0. The second-order valence-electron chi connectivity index (χ2n) is 9.45. The Morgan fingerprint density at radius 3 is 2.41 bits per heavy atom. The minimum absolute atomic E-state index is 0.0531. The fraction of sp³-hybridized carbons (Fsp3) is 0.321. The molecule has 0 aliphatic heterocycles. The van der Waals surface area contributed by atoms with Gasteiger partial charge in [0, 0.05) is 30.4 Å². The van der Waals surface area contributed by atoms with Crippen molar-refractivity contribution in [1.29, 1.82) is 0 Å². The van der Waals surface area contributed by atoms with Crippen molar-refractivity contribution >= 4 is 11.8 Å². The van der Waals surface area contributed by atoms with Crippen molar-refractivity contribution < 1.29 is 9.59 Å². The lowest BCUT2D eigenvalue weighted by Gasteiger charge is -2.23. The summed E-state index contributed by atoms with van der Waals surface area (Å²) in [5, 5.41) is 2.99. The monoisotopic (exact) mass is 455 g/mol. The highest BCUT2D eigenvalue weighted by Gasteiger charge is 2.34. The van der Waals surface area contributed by atoms with Crippen molar-refractivity contribution in [3.05, 3.63) is 105 Å². The number of rotatable bonds is 8. The number of hydrogen-bond acceptors (Lipinski definition) is 3. The van der Waals surface area contributed by atoms with Gasteiger partial charge >= 0.3 is 0 Å². The summed E-state index contributed by atoms with van der Waals surface area (Å²) < 4.78 is 1.60. The quantitative estimate of drug-likeness (QED) is 0.560. The molecule has 1 aromatic heterocycles. The second-order valence-corrected chi connectivity index (χ2v) is 9.45. The zero-order chi connectivity index (χ0) is 23.7. The number of nitrogens with one attached hydrogen (secondary N) is 1. The number of carbonyl (C=O) groups excluding carboxylic acids is 2. The van der Waals surface area contributed by atoms with E-state index in [-0.39, 0.29) is 29.0 Å². The average Bonchev–Trinajstić information content (AvgIpc) is 3.74. The smallest absolute Gasteiger partial charge is 0.263 e. The van der Waals surface area contributed by atoms with Crippen LogP contribution in [0.15, 0.2) is 71.7 Å². The van der Waals surface area contributed by atoms with Crippen LogP contribution in [-0.2, 0) is 13.1 Å². The van der Waals surface area contributed by atoms with Crippen molar-refractivity contribution in [2.24, 2.45) is 0 Å². The van der Waals surface area contributed by atoms with E-state index in [1.807, 2.05) is 43.3 Å². The van der Waals surface area contributed by atoms with Crippen LogP contribution in [0.3, 0.4) is 0 Å². The van der Waals surface area contributed by atoms with Gasteiger partial charge in [-0.2, -0.15) is 0 Å². The number of amides is 2. The largest absolute Gasteiger partial charge is 0.349 e. The Balaban J connectivity index is 1.33. The van der Waals surface area contributed by atoms with Crippen LogP contribution in [0.1, 0.15) is 63.1 Å². The van der Waals surface area contributed by atoms with Gasteiger partial charge in [-0.15, -0.1) is 0 Å². The van der Waals surface area contributed by atoms with E-state index in [2.05, 4.69) is 5.32 Å². The van der Waals surface area contributed by atoms with E-state index >= 15 is 0 Å². The first-order valence-corrected chi connectivity index (χ1v) is 11.9. The maximum Gasteiger partial charge on any atom is 0.263 e. The molecule has 2 saturated carbocycles. The maximum atomic E-state index is 13.5. The van der Waals surface area contributed by atoms with Crippen LogP contribution >= 0.6 is 0 Å². The summed E-state index contributed by atoms with van der Waals surface area (Å²) >= 11 is 0. The van der Waals surface area contributed by atoms with Gasteiger partial charge in [0.1, 0.15) is 5.56 Å².